The summed E-state index contributed by atoms with van der Waals surface area (Å²) in [5.74, 6) is 0. The number of benzene rings is 1. The Bertz CT molecular complexity index is 388. The highest BCUT2D eigenvalue weighted by molar-refractivity contribution is 5.55. The molecule has 2 saturated heterocycles. The van der Waals surface area contributed by atoms with E-state index in [1.165, 1.54) is 42.7 Å². The molecular formula is C14H20N2. The van der Waals surface area contributed by atoms with Crippen LogP contribution in [-0.2, 0) is 0 Å². The van der Waals surface area contributed by atoms with Crippen LogP contribution in [0.2, 0.25) is 0 Å². The first-order valence-electron chi connectivity index (χ1n) is 6.30. The summed E-state index contributed by atoms with van der Waals surface area (Å²) in [4.78, 5) is 2.56. The van der Waals surface area contributed by atoms with Gasteiger partial charge in [0.05, 0.1) is 0 Å². The van der Waals surface area contributed by atoms with E-state index in [0.29, 0.717) is 0 Å². The number of piperazine rings is 1. The standard InChI is InChI=1S/C14H20N2/c1-10-3-6-14(11(2)7-10)16-8-12-4-5-13(9-16)15-12/h3,6-7,12-13,15H,4-5,8-9H2,1-2H3. The van der Waals surface area contributed by atoms with Crippen molar-refractivity contribution in [1.82, 2.24) is 5.32 Å². The van der Waals surface area contributed by atoms with E-state index >= 15 is 0 Å². The number of hydrogen-bond acceptors (Lipinski definition) is 2. The van der Waals surface area contributed by atoms with E-state index in [4.69, 9.17) is 0 Å². The van der Waals surface area contributed by atoms with Crippen LogP contribution < -0.4 is 10.2 Å². The largest absolute Gasteiger partial charge is 0.368 e. The lowest BCUT2D eigenvalue weighted by Gasteiger charge is -2.35. The number of anilines is 1. The maximum absolute atomic E-state index is 3.68. The van der Waals surface area contributed by atoms with E-state index in [1.807, 2.05) is 0 Å². The summed E-state index contributed by atoms with van der Waals surface area (Å²) in [6.07, 6.45) is 2.71. The minimum Gasteiger partial charge on any atom is -0.368 e. The van der Waals surface area contributed by atoms with Gasteiger partial charge in [0, 0.05) is 30.9 Å². The summed E-state index contributed by atoms with van der Waals surface area (Å²) in [7, 11) is 0. The molecule has 2 aliphatic rings. The smallest absolute Gasteiger partial charge is 0.0397 e. The third kappa shape index (κ3) is 1.71. The fraction of sp³-hybridized carbons (Fsp3) is 0.571. The third-order valence-electron chi connectivity index (χ3n) is 3.91. The maximum Gasteiger partial charge on any atom is 0.0397 e. The first-order chi connectivity index (χ1) is 7.72. The zero-order chi connectivity index (χ0) is 11.1. The highest BCUT2D eigenvalue weighted by atomic mass is 15.2. The van der Waals surface area contributed by atoms with Crippen LogP contribution in [0.1, 0.15) is 24.0 Å². The van der Waals surface area contributed by atoms with Crippen molar-refractivity contribution in [1.29, 1.82) is 0 Å². The molecule has 1 aromatic carbocycles. The molecule has 3 rings (SSSR count). The van der Waals surface area contributed by atoms with Crippen molar-refractivity contribution in [2.24, 2.45) is 0 Å². The molecule has 2 unspecified atom stereocenters. The van der Waals surface area contributed by atoms with Crippen LogP contribution in [0.5, 0.6) is 0 Å². The molecule has 0 aromatic heterocycles. The predicted molar refractivity (Wildman–Crippen MR) is 68.1 cm³/mol. The molecule has 0 aliphatic carbocycles. The van der Waals surface area contributed by atoms with Gasteiger partial charge in [0.25, 0.3) is 0 Å². The van der Waals surface area contributed by atoms with E-state index in [1.54, 1.807) is 0 Å². The monoisotopic (exact) mass is 216 g/mol. The lowest BCUT2D eigenvalue weighted by Crippen LogP contribution is -2.51. The average molecular weight is 216 g/mol. The molecule has 0 spiro atoms. The Hall–Kier alpha value is -1.02. The molecule has 2 fully saturated rings. The summed E-state index contributed by atoms with van der Waals surface area (Å²) < 4.78 is 0. The molecule has 2 atom stereocenters. The lowest BCUT2D eigenvalue weighted by molar-refractivity contribution is 0.465. The van der Waals surface area contributed by atoms with Crippen molar-refractivity contribution in [3.05, 3.63) is 29.3 Å². The van der Waals surface area contributed by atoms with Crippen molar-refractivity contribution < 1.29 is 0 Å². The zero-order valence-electron chi connectivity index (χ0n) is 10.2. The molecule has 16 heavy (non-hydrogen) atoms. The Morgan fingerprint density at radius 2 is 1.81 bits per heavy atom. The van der Waals surface area contributed by atoms with Crippen LogP contribution in [-0.4, -0.2) is 25.2 Å². The highest BCUT2D eigenvalue weighted by Gasteiger charge is 2.32. The van der Waals surface area contributed by atoms with Crippen LogP contribution in [0.25, 0.3) is 0 Å². The summed E-state index contributed by atoms with van der Waals surface area (Å²) in [5, 5.41) is 3.68. The normalized spacial score (nSPS) is 28.5. The van der Waals surface area contributed by atoms with Crippen LogP contribution >= 0.6 is 0 Å². The van der Waals surface area contributed by atoms with E-state index in [9.17, 15) is 0 Å². The van der Waals surface area contributed by atoms with Crippen molar-refractivity contribution in [2.75, 3.05) is 18.0 Å². The van der Waals surface area contributed by atoms with Gasteiger partial charge < -0.3 is 10.2 Å². The molecular weight excluding hydrogens is 196 g/mol. The lowest BCUT2D eigenvalue weighted by atomic mass is 10.1. The second-order valence-corrected chi connectivity index (χ2v) is 5.33. The topological polar surface area (TPSA) is 15.3 Å². The quantitative estimate of drug-likeness (QED) is 0.774. The molecule has 1 aromatic rings. The second kappa shape index (κ2) is 3.77. The molecule has 2 aliphatic heterocycles. The minimum absolute atomic E-state index is 0.722. The summed E-state index contributed by atoms with van der Waals surface area (Å²) >= 11 is 0. The molecule has 0 amide bonds. The highest BCUT2D eigenvalue weighted by Crippen LogP contribution is 2.27. The maximum atomic E-state index is 3.68. The molecule has 1 N–H and O–H groups in total. The van der Waals surface area contributed by atoms with Gasteiger partial charge >= 0.3 is 0 Å². The fourth-order valence-electron chi connectivity index (χ4n) is 3.15. The van der Waals surface area contributed by atoms with Gasteiger partial charge in [-0.15, -0.1) is 0 Å². The van der Waals surface area contributed by atoms with Gasteiger partial charge in [-0.2, -0.15) is 0 Å². The third-order valence-corrected chi connectivity index (χ3v) is 3.91. The van der Waals surface area contributed by atoms with Gasteiger partial charge in [0.1, 0.15) is 0 Å². The summed E-state index contributed by atoms with van der Waals surface area (Å²) in [6, 6.07) is 8.25. The number of nitrogens with one attached hydrogen (secondary N) is 1. The number of nitrogens with zero attached hydrogens (tertiary/aromatic N) is 1. The van der Waals surface area contributed by atoms with Gasteiger partial charge in [-0.05, 0) is 38.3 Å². The van der Waals surface area contributed by atoms with Crippen LogP contribution in [0.3, 0.4) is 0 Å². The Morgan fingerprint density at radius 3 is 2.44 bits per heavy atom. The van der Waals surface area contributed by atoms with E-state index in [-0.39, 0.29) is 0 Å². The predicted octanol–water partition coefficient (Wildman–Crippen LogP) is 2.24. The van der Waals surface area contributed by atoms with Gasteiger partial charge in [-0.25, -0.2) is 0 Å². The van der Waals surface area contributed by atoms with Gasteiger partial charge in [0.15, 0.2) is 0 Å². The average Bonchev–Trinajstić information content (AvgIpc) is 2.58. The molecule has 2 heteroatoms. The van der Waals surface area contributed by atoms with Crippen molar-refractivity contribution in [2.45, 2.75) is 38.8 Å². The molecule has 0 saturated carbocycles. The fourth-order valence-corrected chi connectivity index (χ4v) is 3.15. The van der Waals surface area contributed by atoms with Crippen LogP contribution in [0, 0.1) is 13.8 Å². The minimum atomic E-state index is 0.722. The van der Waals surface area contributed by atoms with Crippen LogP contribution in [0.15, 0.2) is 18.2 Å². The number of hydrogen-bond donors (Lipinski definition) is 1. The van der Waals surface area contributed by atoms with Gasteiger partial charge in [-0.1, -0.05) is 17.7 Å². The molecule has 86 valence electrons. The number of aryl methyl sites for hydroxylation is 2. The van der Waals surface area contributed by atoms with Gasteiger partial charge in [-0.3, -0.25) is 0 Å². The van der Waals surface area contributed by atoms with Crippen molar-refractivity contribution in [3.8, 4) is 0 Å². The number of rotatable bonds is 1. The molecule has 2 nitrogen and oxygen atoms in total. The van der Waals surface area contributed by atoms with Crippen molar-refractivity contribution >= 4 is 5.69 Å². The second-order valence-electron chi connectivity index (χ2n) is 5.33. The molecule has 2 bridgehead atoms. The first kappa shape index (κ1) is 10.2. The molecule has 0 radical (unpaired) electrons. The summed E-state index contributed by atoms with van der Waals surface area (Å²) in [5.41, 5.74) is 4.21. The first-order valence-corrected chi connectivity index (χ1v) is 6.30. The van der Waals surface area contributed by atoms with E-state index in [0.717, 1.165) is 12.1 Å². The Kier molecular flexibility index (Phi) is 2.40. The Labute approximate surface area is 97.6 Å². The summed E-state index contributed by atoms with van der Waals surface area (Å²) in [6.45, 7) is 6.76. The van der Waals surface area contributed by atoms with Crippen molar-refractivity contribution in [3.63, 3.8) is 0 Å². The number of fused-ring (bicyclic) bond motifs is 2. The van der Waals surface area contributed by atoms with E-state index < -0.39 is 0 Å². The Morgan fingerprint density at radius 1 is 1.12 bits per heavy atom. The zero-order valence-corrected chi connectivity index (χ0v) is 10.2. The van der Waals surface area contributed by atoms with E-state index in [2.05, 4.69) is 42.3 Å². The molecule has 2 heterocycles. The van der Waals surface area contributed by atoms with Crippen LogP contribution in [0.4, 0.5) is 5.69 Å². The SMILES string of the molecule is Cc1ccc(N2CC3CCC(C2)N3)c(C)c1. The van der Waals surface area contributed by atoms with Gasteiger partial charge in [0.2, 0.25) is 0 Å². The Balaban J connectivity index is 1.87.